The number of nitrogens with one attached hydrogen (secondary N) is 2. The molecule has 5 rings (SSSR count). The van der Waals surface area contributed by atoms with Crippen LogP contribution in [0.1, 0.15) is 46.2 Å². The monoisotopic (exact) mass is 394 g/mol. The van der Waals surface area contributed by atoms with Crippen LogP contribution in [0.15, 0.2) is 35.2 Å². The molecule has 2 amide bonds. The summed E-state index contributed by atoms with van der Waals surface area (Å²) in [5.41, 5.74) is 7.78. The second kappa shape index (κ2) is 6.48. The molecular weight excluding hydrogens is 372 g/mol. The van der Waals surface area contributed by atoms with Crippen LogP contribution in [0.4, 0.5) is 10.5 Å². The Balaban J connectivity index is 1.40. The number of rotatable bonds is 3. The van der Waals surface area contributed by atoms with Gasteiger partial charge in [-0.15, -0.1) is 0 Å². The summed E-state index contributed by atoms with van der Waals surface area (Å²) in [7, 11) is -3.92. The fourth-order valence-corrected chi connectivity index (χ4v) is 5.65. The Labute approximate surface area is 164 Å². The smallest absolute Gasteiger partial charge is 0.307 e. The Morgan fingerprint density at radius 2 is 1.61 bits per heavy atom. The largest absolute Gasteiger partial charge is 0.333 e. The Morgan fingerprint density at radius 3 is 2.32 bits per heavy atom. The Bertz CT molecular complexity index is 1100. The third-order valence-electron chi connectivity index (χ3n) is 6.00. The van der Waals surface area contributed by atoms with Gasteiger partial charge < -0.3 is 5.32 Å². The first-order chi connectivity index (χ1) is 13.5. The first kappa shape index (κ1) is 17.5. The van der Waals surface area contributed by atoms with Crippen molar-refractivity contribution >= 4 is 27.8 Å². The number of anilines is 1. The molecule has 2 aromatic carbocycles. The summed E-state index contributed by atoms with van der Waals surface area (Å²) in [6, 6.07) is 6.56. The van der Waals surface area contributed by atoms with Gasteiger partial charge in [-0.05, 0) is 90.5 Å². The number of carbonyl (C=O) groups excluding carboxylic acids is 1. The van der Waals surface area contributed by atoms with Crippen molar-refractivity contribution in [3.8, 4) is 0 Å². The fourth-order valence-electron chi connectivity index (χ4n) is 4.69. The van der Waals surface area contributed by atoms with Gasteiger partial charge in [-0.3, -0.25) is 0 Å². The Hall–Kier alpha value is -2.60. The number of carbonyl (C=O) groups is 1. The number of allylic oxidation sites excluding steroid dienone is 1. The summed E-state index contributed by atoms with van der Waals surface area (Å²) in [5.74, 6) is 0. The lowest BCUT2D eigenvalue weighted by molar-refractivity contribution is 0.256. The third kappa shape index (κ3) is 2.92. The Morgan fingerprint density at radius 1 is 0.893 bits per heavy atom. The van der Waals surface area contributed by atoms with E-state index >= 15 is 0 Å². The molecule has 0 fully saturated rings. The lowest BCUT2D eigenvalue weighted by Crippen LogP contribution is -2.35. The standard InChI is InChI=1S/C22H22N2O3S/c25-22(24-28(26,27)18-11-10-14-4-1-5-15(14)13-18)23-21-19-8-2-6-16(19)12-17-7-3-9-20(17)21/h1,4,10-13H,2-3,5-9H2,(H2,23,24,25). The van der Waals surface area contributed by atoms with Gasteiger partial charge in [-0.25, -0.2) is 17.9 Å². The minimum atomic E-state index is -3.92. The van der Waals surface area contributed by atoms with E-state index in [1.54, 1.807) is 18.2 Å². The van der Waals surface area contributed by atoms with Crippen molar-refractivity contribution in [1.29, 1.82) is 0 Å². The van der Waals surface area contributed by atoms with Crippen molar-refractivity contribution in [2.45, 2.75) is 49.8 Å². The van der Waals surface area contributed by atoms with Crippen molar-refractivity contribution < 1.29 is 13.2 Å². The molecule has 2 aromatic rings. The van der Waals surface area contributed by atoms with Gasteiger partial charge in [0.25, 0.3) is 10.0 Å². The van der Waals surface area contributed by atoms with Crippen LogP contribution in [0.3, 0.4) is 0 Å². The van der Waals surface area contributed by atoms with Crippen LogP contribution in [0.5, 0.6) is 0 Å². The second-order valence-corrected chi connectivity index (χ2v) is 9.44. The maximum atomic E-state index is 12.7. The summed E-state index contributed by atoms with van der Waals surface area (Å²) in [4.78, 5) is 12.7. The summed E-state index contributed by atoms with van der Waals surface area (Å²) in [6.45, 7) is 0. The number of amides is 2. The second-order valence-electron chi connectivity index (χ2n) is 7.76. The number of urea groups is 1. The highest BCUT2D eigenvalue weighted by Crippen LogP contribution is 2.38. The number of hydrogen-bond acceptors (Lipinski definition) is 3. The zero-order valence-corrected chi connectivity index (χ0v) is 16.4. The van der Waals surface area contributed by atoms with E-state index in [-0.39, 0.29) is 4.90 Å². The highest BCUT2D eigenvalue weighted by molar-refractivity contribution is 7.90. The molecule has 0 saturated carbocycles. The number of aryl methyl sites for hydroxylation is 2. The lowest BCUT2D eigenvalue weighted by Gasteiger charge is -2.16. The van der Waals surface area contributed by atoms with Gasteiger partial charge in [-0.1, -0.05) is 24.3 Å². The highest BCUT2D eigenvalue weighted by atomic mass is 32.2. The molecule has 2 N–H and O–H groups in total. The summed E-state index contributed by atoms with van der Waals surface area (Å²) in [5, 5.41) is 2.88. The molecule has 144 valence electrons. The third-order valence-corrected chi connectivity index (χ3v) is 7.33. The molecule has 3 aliphatic carbocycles. The molecule has 6 heteroatoms. The van der Waals surface area contributed by atoms with E-state index < -0.39 is 16.1 Å². The van der Waals surface area contributed by atoms with Crippen LogP contribution in [0, 0.1) is 0 Å². The van der Waals surface area contributed by atoms with Crippen molar-refractivity contribution in [1.82, 2.24) is 4.72 Å². The molecule has 0 atom stereocenters. The average molecular weight is 394 g/mol. The lowest BCUT2D eigenvalue weighted by atomic mass is 9.99. The average Bonchev–Trinajstić information content (AvgIpc) is 3.40. The van der Waals surface area contributed by atoms with E-state index in [0.717, 1.165) is 55.3 Å². The van der Waals surface area contributed by atoms with Crippen LogP contribution in [0.2, 0.25) is 0 Å². The summed E-state index contributed by atoms with van der Waals surface area (Å²) >= 11 is 0. The van der Waals surface area contributed by atoms with E-state index in [1.807, 2.05) is 12.2 Å². The van der Waals surface area contributed by atoms with Crippen LogP contribution in [0.25, 0.3) is 6.08 Å². The van der Waals surface area contributed by atoms with Crippen LogP contribution in [-0.4, -0.2) is 14.4 Å². The van der Waals surface area contributed by atoms with Crippen molar-refractivity contribution in [2.75, 3.05) is 5.32 Å². The predicted octanol–water partition coefficient (Wildman–Crippen LogP) is 3.74. The molecule has 0 heterocycles. The minimum absolute atomic E-state index is 0.119. The van der Waals surface area contributed by atoms with E-state index in [4.69, 9.17) is 0 Å². The molecule has 0 saturated heterocycles. The summed E-state index contributed by atoms with van der Waals surface area (Å²) in [6.07, 6.45) is 10.8. The van der Waals surface area contributed by atoms with E-state index in [0.29, 0.717) is 6.42 Å². The zero-order chi connectivity index (χ0) is 19.3. The number of hydrogen-bond donors (Lipinski definition) is 2. The van der Waals surface area contributed by atoms with E-state index in [2.05, 4.69) is 16.1 Å². The molecular formula is C22H22N2O3S. The molecule has 0 aliphatic heterocycles. The van der Waals surface area contributed by atoms with Crippen LogP contribution >= 0.6 is 0 Å². The molecule has 5 nitrogen and oxygen atoms in total. The molecule has 0 bridgehead atoms. The molecule has 28 heavy (non-hydrogen) atoms. The van der Waals surface area contributed by atoms with Gasteiger partial charge in [-0.2, -0.15) is 0 Å². The van der Waals surface area contributed by atoms with Crippen LogP contribution in [-0.2, 0) is 42.1 Å². The van der Waals surface area contributed by atoms with E-state index in [9.17, 15) is 13.2 Å². The van der Waals surface area contributed by atoms with E-state index in [1.165, 1.54) is 22.3 Å². The molecule has 3 aliphatic rings. The SMILES string of the molecule is O=C(Nc1c2c(cc3c1CCC3)CCC2)NS(=O)(=O)c1ccc2c(c1)CC=C2. The first-order valence-electron chi connectivity index (χ1n) is 9.81. The predicted molar refractivity (Wildman–Crippen MR) is 109 cm³/mol. The zero-order valence-electron chi connectivity index (χ0n) is 15.5. The summed E-state index contributed by atoms with van der Waals surface area (Å²) < 4.78 is 27.6. The number of benzene rings is 2. The first-order valence-corrected chi connectivity index (χ1v) is 11.3. The van der Waals surface area contributed by atoms with Gasteiger partial charge in [0, 0.05) is 5.69 Å². The van der Waals surface area contributed by atoms with Crippen molar-refractivity contribution in [3.05, 3.63) is 63.7 Å². The molecule has 0 unspecified atom stereocenters. The maximum absolute atomic E-state index is 12.7. The minimum Gasteiger partial charge on any atom is -0.307 e. The number of fused-ring (bicyclic) bond motifs is 3. The van der Waals surface area contributed by atoms with Gasteiger partial charge >= 0.3 is 6.03 Å². The molecule has 0 spiro atoms. The topological polar surface area (TPSA) is 75.3 Å². The van der Waals surface area contributed by atoms with Gasteiger partial charge in [0.15, 0.2) is 0 Å². The van der Waals surface area contributed by atoms with Gasteiger partial charge in [0.2, 0.25) is 0 Å². The highest BCUT2D eigenvalue weighted by Gasteiger charge is 2.26. The number of sulfonamides is 1. The fraction of sp³-hybridized carbons (Fsp3) is 0.318. The maximum Gasteiger partial charge on any atom is 0.333 e. The van der Waals surface area contributed by atoms with Crippen molar-refractivity contribution in [3.63, 3.8) is 0 Å². The van der Waals surface area contributed by atoms with Crippen LogP contribution < -0.4 is 10.0 Å². The Kier molecular flexibility index (Phi) is 4.05. The quantitative estimate of drug-likeness (QED) is 0.833. The molecule has 0 aromatic heterocycles. The normalized spacial score (nSPS) is 16.6. The molecule has 0 radical (unpaired) electrons. The van der Waals surface area contributed by atoms with Gasteiger partial charge in [0.1, 0.15) is 0 Å². The van der Waals surface area contributed by atoms with Crippen molar-refractivity contribution in [2.24, 2.45) is 0 Å². The van der Waals surface area contributed by atoms with Gasteiger partial charge in [0.05, 0.1) is 4.90 Å².